The summed E-state index contributed by atoms with van der Waals surface area (Å²) in [5, 5.41) is 8.64. The highest BCUT2D eigenvalue weighted by atomic mass is 16.1. The van der Waals surface area contributed by atoms with Crippen LogP contribution in [0.25, 0.3) is 0 Å². The summed E-state index contributed by atoms with van der Waals surface area (Å²) >= 11 is 0. The first kappa shape index (κ1) is 11.4. The minimum Gasteiger partial charge on any atom is -0.354 e. The van der Waals surface area contributed by atoms with Crippen molar-refractivity contribution in [2.75, 3.05) is 20.1 Å². The number of carbonyl (C=O) groups is 1. The summed E-state index contributed by atoms with van der Waals surface area (Å²) in [5.74, 6) is 2.86. The molecule has 3 N–H and O–H groups in total. The maximum atomic E-state index is 11.2. The second-order valence-electron chi connectivity index (χ2n) is 3.33. The number of aliphatic imine (C=N–C) groups is 1. The molecule has 0 spiro atoms. The number of amides is 1. The van der Waals surface area contributed by atoms with Crippen molar-refractivity contribution in [3.8, 4) is 12.3 Å². The minimum absolute atomic E-state index is 0.133. The highest BCUT2D eigenvalue weighted by molar-refractivity contribution is 5.86. The van der Waals surface area contributed by atoms with E-state index in [-0.39, 0.29) is 19.0 Å². The Labute approximate surface area is 89.7 Å². The molecule has 1 aliphatic carbocycles. The standard InChI is InChI=1S/C10H16N4O/c1-3-6-12-9(15)7-13-10(11-2)14-8-4-5-8/h1,8H,4-7H2,2H3,(H,12,15)(H2,11,13,14). The highest BCUT2D eigenvalue weighted by Crippen LogP contribution is 2.18. The number of terminal acetylenes is 1. The van der Waals surface area contributed by atoms with Crippen molar-refractivity contribution in [2.24, 2.45) is 4.99 Å². The summed E-state index contributed by atoms with van der Waals surface area (Å²) in [4.78, 5) is 15.2. The molecule has 0 aromatic heterocycles. The Kier molecular flexibility index (Phi) is 4.48. The molecule has 5 heteroatoms. The molecule has 1 saturated carbocycles. The van der Waals surface area contributed by atoms with Gasteiger partial charge in [0.2, 0.25) is 5.91 Å². The van der Waals surface area contributed by atoms with Crippen molar-refractivity contribution in [1.82, 2.24) is 16.0 Å². The number of nitrogens with zero attached hydrogens (tertiary/aromatic N) is 1. The third kappa shape index (κ3) is 4.91. The van der Waals surface area contributed by atoms with Gasteiger partial charge in [0.05, 0.1) is 13.1 Å². The fourth-order valence-corrected chi connectivity index (χ4v) is 0.992. The first-order valence-corrected chi connectivity index (χ1v) is 4.93. The van der Waals surface area contributed by atoms with E-state index in [0.29, 0.717) is 12.0 Å². The normalized spacial score (nSPS) is 15.3. The number of carbonyl (C=O) groups excluding carboxylic acids is 1. The van der Waals surface area contributed by atoms with Crippen LogP contribution in [0.3, 0.4) is 0 Å². The summed E-state index contributed by atoms with van der Waals surface area (Å²) in [6.07, 6.45) is 7.35. The third-order valence-electron chi connectivity index (χ3n) is 1.95. The molecule has 0 aromatic rings. The van der Waals surface area contributed by atoms with E-state index in [1.165, 1.54) is 12.8 Å². The topological polar surface area (TPSA) is 65.5 Å². The van der Waals surface area contributed by atoms with Crippen LogP contribution in [0.2, 0.25) is 0 Å². The van der Waals surface area contributed by atoms with Gasteiger partial charge >= 0.3 is 0 Å². The summed E-state index contributed by atoms with van der Waals surface area (Å²) in [5.41, 5.74) is 0. The minimum atomic E-state index is -0.133. The second kappa shape index (κ2) is 5.91. The molecule has 1 fully saturated rings. The van der Waals surface area contributed by atoms with Crippen molar-refractivity contribution in [3.05, 3.63) is 0 Å². The zero-order chi connectivity index (χ0) is 11.1. The lowest BCUT2D eigenvalue weighted by molar-refractivity contribution is -0.119. The van der Waals surface area contributed by atoms with Gasteiger partial charge in [-0.3, -0.25) is 9.79 Å². The summed E-state index contributed by atoms with van der Waals surface area (Å²) < 4.78 is 0. The maximum absolute atomic E-state index is 11.2. The van der Waals surface area contributed by atoms with Gasteiger partial charge in [0, 0.05) is 13.1 Å². The summed E-state index contributed by atoms with van der Waals surface area (Å²) in [6, 6.07) is 0.518. The van der Waals surface area contributed by atoms with Crippen molar-refractivity contribution in [2.45, 2.75) is 18.9 Å². The Bertz CT molecular complexity index is 288. The Morgan fingerprint density at radius 2 is 2.27 bits per heavy atom. The third-order valence-corrected chi connectivity index (χ3v) is 1.95. The van der Waals surface area contributed by atoms with Crippen LogP contribution in [-0.4, -0.2) is 38.0 Å². The Balaban J connectivity index is 2.16. The van der Waals surface area contributed by atoms with Crippen molar-refractivity contribution in [3.63, 3.8) is 0 Å². The first-order chi connectivity index (χ1) is 7.26. The predicted molar refractivity (Wildman–Crippen MR) is 59.4 cm³/mol. The highest BCUT2D eigenvalue weighted by Gasteiger charge is 2.22. The van der Waals surface area contributed by atoms with Crippen LogP contribution in [0.1, 0.15) is 12.8 Å². The zero-order valence-electron chi connectivity index (χ0n) is 8.84. The molecule has 15 heavy (non-hydrogen) atoms. The van der Waals surface area contributed by atoms with Gasteiger partial charge in [0.1, 0.15) is 0 Å². The molecule has 0 heterocycles. The Morgan fingerprint density at radius 1 is 1.53 bits per heavy atom. The van der Waals surface area contributed by atoms with Gasteiger partial charge in [-0.15, -0.1) is 6.42 Å². The first-order valence-electron chi connectivity index (χ1n) is 4.93. The van der Waals surface area contributed by atoms with E-state index < -0.39 is 0 Å². The molecule has 1 amide bonds. The second-order valence-corrected chi connectivity index (χ2v) is 3.33. The zero-order valence-corrected chi connectivity index (χ0v) is 8.84. The average Bonchev–Trinajstić information content (AvgIpc) is 3.04. The lowest BCUT2D eigenvalue weighted by atomic mass is 10.5. The molecule has 1 aliphatic rings. The molecule has 0 unspecified atom stereocenters. The number of rotatable bonds is 4. The molecule has 82 valence electrons. The molecule has 1 rings (SSSR count). The lowest BCUT2D eigenvalue weighted by Gasteiger charge is -2.10. The largest absolute Gasteiger partial charge is 0.354 e. The number of nitrogens with one attached hydrogen (secondary N) is 3. The van der Waals surface area contributed by atoms with Crippen LogP contribution in [0, 0.1) is 12.3 Å². The van der Waals surface area contributed by atoms with E-state index in [1.807, 2.05) is 0 Å². The van der Waals surface area contributed by atoms with Gasteiger partial charge in [-0.1, -0.05) is 5.92 Å². The van der Waals surface area contributed by atoms with E-state index in [1.54, 1.807) is 7.05 Å². The van der Waals surface area contributed by atoms with Crippen LogP contribution in [0.5, 0.6) is 0 Å². The summed E-state index contributed by atoms with van der Waals surface area (Å²) in [7, 11) is 1.68. The van der Waals surface area contributed by atoms with E-state index >= 15 is 0 Å². The van der Waals surface area contributed by atoms with Crippen molar-refractivity contribution >= 4 is 11.9 Å². The molecular formula is C10H16N4O. The molecule has 0 aliphatic heterocycles. The number of guanidine groups is 1. The molecular weight excluding hydrogens is 192 g/mol. The Hall–Kier alpha value is -1.70. The van der Waals surface area contributed by atoms with Crippen LogP contribution < -0.4 is 16.0 Å². The Morgan fingerprint density at radius 3 is 2.80 bits per heavy atom. The van der Waals surface area contributed by atoms with E-state index in [0.717, 1.165) is 0 Å². The fraction of sp³-hybridized carbons (Fsp3) is 0.600. The van der Waals surface area contributed by atoms with Crippen LogP contribution in [0.4, 0.5) is 0 Å². The van der Waals surface area contributed by atoms with Crippen LogP contribution >= 0.6 is 0 Å². The van der Waals surface area contributed by atoms with E-state index in [4.69, 9.17) is 6.42 Å². The molecule has 5 nitrogen and oxygen atoms in total. The van der Waals surface area contributed by atoms with Gasteiger partial charge in [0.25, 0.3) is 0 Å². The lowest BCUT2D eigenvalue weighted by Crippen LogP contribution is -2.43. The van der Waals surface area contributed by atoms with Gasteiger partial charge < -0.3 is 16.0 Å². The van der Waals surface area contributed by atoms with Crippen LogP contribution in [0.15, 0.2) is 4.99 Å². The smallest absolute Gasteiger partial charge is 0.240 e. The molecule has 0 bridgehead atoms. The van der Waals surface area contributed by atoms with Crippen molar-refractivity contribution in [1.29, 1.82) is 0 Å². The molecule has 0 aromatic carbocycles. The van der Waals surface area contributed by atoms with Gasteiger partial charge in [-0.2, -0.15) is 0 Å². The van der Waals surface area contributed by atoms with Gasteiger partial charge in [-0.05, 0) is 12.8 Å². The van der Waals surface area contributed by atoms with Crippen molar-refractivity contribution < 1.29 is 4.79 Å². The monoisotopic (exact) mass is 208 g/mol. The average molecular weight is 208 g/mol. The maximum Gasteiger partial charge on any atom is 0.240 e. The van der Waals surface area contributed by atoms with E-state index in [9.17, 15) is 4.79 Å². The SMILES string of the molecule is C#CCNC(=O)CNC(=NC)NC1CC1. The number of hydrogen-bond donors (Lipinski definition) is 3. The van der Waals surface area contributed by atoms with E-state index in [2.05, 4.69) is 26.9 Å². The predicted octanol–water partition coefficient (Wildman–Crippen LogP) is -0.937. The quantitative estimate of drug-likeness (QED) is 0.317. The fourth-order valence-electron chi connectivity index (χ4n) is 0.992. The van der Waals surface area contributed by atoms with Gasteiger partial charge in [0.15, 0.2) is 5.96 Å². The summed E-state index contributed by atoms with van der Waals surface area (Å²) in [6.45, 7) is 0.448. The van der Waals surface area contributed by atoms with Gasteiger partial charge in [-0.25, -0.2) is 0 Å². The molecule has 0 saturated heterocycles. The molecule has 0 atom stereocenters. The molecule has 0 radical (unpaired) electrons. The number of hydrogen-bond acceptors (Lipinski definition) is 2. The van der Waals surface area contributed by atoms with Crippen LogP contribution in [-0.2, 0) is 4.79 Å².